The van der Waals surface area contributed by atoms with Gasteiger partial charge in [0.2, 0.25) is 10.0 Å². The van der Waals surface area contributed by atoms with Crippen LogP contribution in [0.2, 0.25) is 0 Å². The first-order valence-corrected chi connectivity index (χ1v) is 7.52. The number of halogens is 2. The highest BCUT2D eigenvalue weighted by Gasteiger charge is 2.24. The van der Waals surface area contributed by atoms with Crippen molar-refractivity contribution in [2.45, 2.75) is 25.9 Å². The highest BCUT2D eigenvalue weighted by Crippen LogP contribution is 2.33. The molecule has 0 aliphatic heterocycles. The molecule has 1 N–H and O–H groups in total. The minimum absolute atomic E-state index is 0.0393. The van der Waals surface area contributed by atoms with Gasteiger partial charge in [0.1, 0.15) is 0 Å². The van der Waals surface area contributed by atoms with Crippen LogP contribution in [0.15, 0.2) is 18.3 Å². The molecular weight excluding hydrogens is 278 g/mol. The van der Waals surface area contributed by atoms with Crippen LogP contribution in [0.1, 0.15) is 19.3 Å². The van der Waals surface area contributed by atoms with Gasteiger partial charge in [-0.15, -0.1) is 0 Å². The molecule has 106 valence electrons. The summed E-state index contributed by atoms with van der Waals surface area (Å²) in [6.45, 7) is -3.03. The lowest BCUT2D eigenvalue weighted by atomic mass is 10.3. The molecular formula is C11H14F2N2O3S. The third-order valence-electron chi connectivity index (χ3n) is 2.73. The third kappa shape index (κ3) is 4.62. The zero-order valence-corrected chi connectivity index (χ0v) is 10.9. The number of ether oxygens (including phenoxy) is 1. The Bertz CT molecular complexity index is 532. The van der Waals surface area contributed by atoms with Crippen molar-refractivity contribution in [3.8, 4) is 5.75 Å². The quantitative estimate of drug-likeness (QED) is 0.836. The third-order valence-corrected chi connectivity index (χ3v) is 4.01. The number of anilines is 1. The summed E-state index contributed by atoms with van der Waals surface area (Å²) in [6.07, 6.45) is 3.99. The zero-order valence-electron chi connectivity index (χ0n) is 10.1. The van der Waals surface area contributed by atoms with Gasteiger partial charge in [-0.2, -0.15) is 8.78 Å². The molecule has 5 nitrogen and oxygen atoms in total. The molecule has 1 aromatic heterocycles. The summed E-state index contributed by atoms with van der Waals surface area (Å²) >= 11 is 0. The Morgan fingerprint density at radius 1 is 1.47 bits per heavy atom. The van der Waals surface area contributed by atoms with Crippen LogP contribution in [-0.2, 0) is 10.0 Å². The van der Waals surface area contributed by atoms with Crippen LogP contribution < -0.4 is 9.46 Å². The fourth-order valence-corrected chi connectivity index (χ4v) is 2.78. The van der Waals surface area contributed by atoms with Crippen molar-refractivity contribution in [2.75, 3.05) is 10.5 Å². The van der Waals surface area contributed by atoms with Gasteiger partial charge in [-0.3, -0.25) is 4.72 Å². The molecule has 1 aliphatic rings. The van der Waals surface area contributed by atoms with Crippen molar-refractivity contribution >= 4 is 15.8 Å². The summed E-state index contributed by atoms with van der Waals surface area (Å²) in [4.78, 5) is 3.71. The average molecular weight is 292 g/mol. The van der Waals surface area contributed by atoms with E-state index in [1.54, 1.807) is 0 Å². The molecule has 0 unspecified atom stereocenters. The molecule has 1 saturated carbocycles. The largest absolute Gasteiger partial charge is 0.431 e. The maximum atomic E-state index is 12.2. The highest BCUT2D eigenvalue weighted by atomic mass is 32.2. The van der Waals surface area contributed by atoms with Gasteiger partial charge < -0.3 is 4.74 Å². The fourth-order valence-electron chi connectivity index (χ4n) is 1.58. The van der Waals surface area contributed by atoms with Gasteiger partial charge in [0.25, 0.3) is 0 Å². The van der Waals surface area contributed by atoms with Crippen molar-refractivity contribution < 1.29 is 21.9 Å². The van der Waals surface area contributed by atoms with E-state index in [4.69, 9.17) is 0 Å². The van der Waals surface area contributed by atoms with Crippen LogP contribution >= 0.6 is 0 Å². The van der Waals surface area contributed by atoms with Crippen LogP contribution in [0, 0.1) is 5.92 Å². The van der Waals surface area contributed by atoms with E-state index in [0.29, 0.717) is 12.3 Å². The number of hydrogen-bond acceptors (Lipinski definition) is 4. The van der Waals surface area contributed by atoms with Crippen molar-refractivity contribution in [2.24, 2.45) is 5.92 Å². The van der Waals surface area contributed by atoms with Crippen molar-refractivity contribution in [1.82, 2.24) is 4.98 Å². The SMILES string of the molecule is O=S(=O)(CCC1CC1)Nc1ncccc1OC(F)F. The smallest absolute Gasteiger partial charge is 0.387 e. The highest BCUT2D eigenvalue weighted by molar-refractivity contribution is 7.92. The second-order valence-electron chi connectivity index (χ2n) is 4.38. The van der Waals surface area contributed by atoms with Gasteiger partial charge >= 0.3 is 6.61 Å². The van der Waals surface area contributed by atoms with Crippen LogP contribution in [0.3, 0.4) is 0 Å². The van der Waals surface area contributed by atoms with Crippen LogP contribution in [0.25, 0.3) is 0 Å². The summed E-state index contributed by atoms with van der Waals surface area (Å²) in [5.41, 5.74) is 0. The number of alkyl halides is 2. The number of aromatic nitrogens is 1. The molecule has 1 aliphatic carbocycles. The number of sulfonamides is 1. The Labute approximate surface area is 110 Å². The first-order valence-electron chi connectivity index (χ1n) is 5.86. The molecule has 0 amide bonds. The summed E-state index contributed by atoms with van der Waals surface area (Å²) < 4.78 is 54.3. The summed E-state index contributed by atoms with van der Waals surface area (Å²) in [5.74, 6) is -0.0642. The number of nitrogens with zero attached hydrogens (tertiary/aromatic N) is 1. The first kappa shape index (κ1) is 14.0. The lowest BCUT2D eigenvalue weighted by Gasteiger charge is -2.11. The topological polar surface area (TPSA) is 68.3 Å². The van der Waals surface area contributed by atoms with Crippen LogP contribution in [0.5, 0.6) is 5.75 Å². The first-order chi connectivity index (χ1) is 8.96. The van der Waals surface area contributed by atoms with E-state index in [9.17, 15) is 17.2 Å². The van der Waals surface area contributed by atoms with Crippen molar-refractivity contribution in [1.29, 1.82) is 0 Å². The Balaban J connectivity index is 2.04. The average Bonchev–Trinajstić information content (AvgIpc) is 3.12. The number of rotatable bonds is 7. The van der Waals surface area contributed by atoms with E-state index >= 15 is 0 Å². The van der Waals surface area contributed by atoms with Crippen molar-refractivity contribution in [3.63, 3.8) is 0 Å². The lowest BCUT2D eigenvalue weighted by Crippen LogP contribution is -2.19. The van der Waals surface area contributed by atoms with Crippen LogP contribution in [-0.4, -0.2) is 25.8 Å². The van der Waals surface area contributed by atoms with E-state index < -0.39 is 16.6 Å². The lowest BCUT2D eigenvalue weighted by molar-refractivity contribution is -0.0495. The predicted octanol–water partition coefficient (Wildman–Crippen LogP) is 2.22. The molecule has 8 heteroatoms. The van der Waals surface area contributed by atoms with Crippen LogP contribution in [0.4, 0.5) is 14.6 Å². The summed E-state index contributed by atoms with van der Waals surface area (Å²) in [5, 5.41) is 0. The van der Waals surface area contributed by atoms with Gasteiger partial charge in [-0.1, -0.05) is 12.8 Å². The zero-order chi connectivity index (χ0) is 13.9. The molecule has 0 spiro atoms. The van der Waals surface area contributed by atoms with Gasteiger partial charge in [0.05, 0.1) is 5.75 Å². The normalized spacial score (nSPS) is 15.5. The monoisotopic (exact) mass is 292 g/mol. The molecule has 2 rings (SSSR count). The van der Waals surface area contributed by atoms with E-state index in [2.05, 4.69) is 14.4 Å². The molecule has 0 aromatic carbocycles. The molecule has 1 heterocycles. The van der Waals surface area contributed by atoms with Gasteiger partial charge in [-0.25, -0.2) is 13.4 Å². The summed E-state index contributed by atoms with van der Waals surface area (Å²) in [6, 6.07) is 2.62. The van der Waals surface area contributed by atoms with Gasteiger partial charge in [0, 0.05) is 6.20 Å². The Morgan fingerprint density at radius 2 is 2.21 bits per heavy atom. The van der Waals surface area contributed by atoms with E-state index in [1.165, 1.54) is 18.3 Å². The van der Waals surface area contributed by atoms with Gasteiger partial charge in [-0.05, 0) is 24.5 Å². The van der Waals surface area contributed by atoms with E-state index in [-0.39, 0.29) is 17.3 Å². The minimum Gasteiger partial charge on any atom is -0.431 e. The number of nitrogens with one attached hydrogen (secondary N) is 1. The van der Waals surface area contributed by atoms with E-state index in [0.717, 1.165) is 12.8 Å². The molecule has 19 heavy (non-hydrogen) atoms. The van der Waals surface area contributed by atoms with Crippen molar-refractivity contribution in [3.05, 3.63) is 18.3 Å². The van der Waals surface area contributed by atoms with Gasteiger partial charge in [0.15, 0.2) is 11.6 Å². The Hall–Kier alpha value is -1.44. The maximum absolute atomic E-state index is 12.2. The molecule has 0 bridgehead atoms. The second-order valence-corrected chi connectivity index (χ2v) is 6.22. The number of pyridine rings is 1. The Kier molecular flexibility index (Phi) is 4.18. The molecule has 1 aromatic rings. The second kappa shape index (κ2) is 5.68. The predicted molar refractivity (Wildman–Crippen MR) is 65.6 cm³/mol. The molecule has 0 atom stereocenters. The number of hydrogen-bond donors (Lipinski definition) is 1. The summed E-state index contributed by atoms with van der Waals surface area (Å²) in [7, 11) is -3.59. The standard InChI is InChI=1S/C11H14F2N2O3S/c12-11(13)18-9-2-1-6-14-10(9)15-19(16,17)7-5-8-3-4-8/h1-2,6,8,11H,3-5,7H2,(H,14,15). The minimum atomic E-state index is -3.59. The fraction of sp³-hybridized carbons (Fsp3) is 0.545. The molecule has 1 fully saturated rings. The van der Waals surface area contributed by atoms with E-state index in [1.807, 2.05) is 0 Å². The molecule has 0 saturated heterocycles. The Morgan fingerprint density at radius 3 is 2.84 bits per heavy atom. The molecule has 0 radical (unpaired) electrons. The maximum Gasteiger partial charge on any atom is 0.387 e.